The van der Waals surface area contributed by atoms with Crippen LogP contribution in [0.25, 0.3) is 0 Å². The largest absolute Gasteiger partial charge is 0.311 e. The van der Waals surface area contributed by atoms with Crippen LogP contribution in [0.5, 0.6) is 0 Å². The second-order valence-corrected chi connectivity index (χ2v) is 10.1. The normalized spacial score (nSPS) is 14.3. The van der Waals surface area contributed by atoms with Crippen molar-refractivity contribution < 1.29 is 0 Å². The smallest absolute Gasteiger partial charge is 0.0346 e. The molecule has 1 heterocycles. The molecule has 0 unspecified atom stereocenters. The third-order valence-corrected chi connectivity index (χ3v) is 7.08. The molecule has 0 aromatic carbocycles. The van der Waals surface area contributed by atoms with Crippen molar-refractivity contribution in [1.29, 1.82) is 0 Å². The first-order valence-corrected chi connectivity index (χ1v) is 14.5. The van der Waals surface area contributed by atoms with Crippen molar-refractivity contribution in [2.75, 3.05) is 19.6 Å². The molecule has 0 atom stereocenters. The molecule has 0 spiro atoms. The molecule has 31 heavy (non-hydrogen) atoms. The third kappa shape index (κ3) is 15.9. The van der Waals surface area contributed by atoms with E-state index in [1.807, 2.05) is 0 Å². The van der Waals surface area contributed by atoms with Crippen LogP contribution < -0.4 is 0 Å². The second-order valence-electron chi connectivity index (χ2n) is 10.1. The van der Waals surface area contributed by atoms with E-state index < -0.39 is 0 Å². The number of rotatable bonds is 23. The first-order chi connectivity index (χ1) is 15.3. The summed E-state index contributed by atoms with van der Waals surface area (Å²) >= 11 is 0. The van der Waals surface area contributed by atoms with Crippen molar-refractivity contribution in [2.45, 2.75) is 155 Å². The van der Waals surface area contributed by atoms with Gasteiger partial charge in [-0.05, 0) is 25.7 Å². The Labute approximate surface area is 197 Å². The van der Waals surface area contributed by atoms with Crippen molar-refractivity contribution >= 4 is 0 Å². The summed E-state index contributed by atoms with van der Waals surface area (Å²) in [5, 5.41) is 5.17. The first-order valence-electron chi connectivity index (χ1n) is 14.5. The lowest BCUT2D eigenvalue weighted by Crippen LogP contribution is -2.40. The lowest BCUT2D eigenvalue weighted by molar-refractivity contribution is 0.0200. The van der Waals surface area contributed by atoms with Crippen molar-refractivity contribution in [3.05, 3.63) is 12.3 Å². The van der Waals surface area contributed by atoms with E-state index in [1.165, 1.54) is 167 Å². The van der Waals surface area contributed by atoms with E-state index in [2.05, 4.69) is 30.4 Å². The highest BCUT2D eigenvalue weighted by molar-refractivity contribution is 4.98. The number of hydrogen-bond donors (Lipinski definition) is 0. The summed E-state index contributed by atoms with van der Waals surface area (Å²) in [7, 11) is 0. The van der Waals surface area contributed by atoms with Crippen LogP contribution in [0, 0.1) is 0 Å². The SMILES string of the molecule is C=C1CCCN1N(CCCCCCCC)CCCCCCCCCCCCCCCC. The zero-order valence-corrected chi connectivity index (χ0v) is 21.8. The zero-order chi connectivity index (χ0) is 22.4. The summed E-state index contributed by atoms with van der Waals surface area (Å²) < 4.78 is 0. The van der Waals surface area contributed by atoms with Crippen molar-refractivity contribution in [3.8, 4) is 0 Å². The fourth-order valence-corrected chi connectivity index (χ4v) is 4.98. The molecule has 0 aromatic rings. The molecule has 0 amide bonds. The van der Waals surface area contributed by atoms with Gasteiger partial charge in [-0.2, -0.15) is 0 Å². The monoisotopic (exact) mass is 434 g/mol. The third-order valence-electron chi connectivity index (χ3n) is 7.08. The van der Waals surface area contributed by atoms with Crippen LogP contribution in [-0.2, 0) is 0 Å². The van der Waals surface area contributed by atoms with E-state index in [1.54, 1.807) is 0 Å². The molecule has 1 aliphatic heterocycles. The van der Waals surface area contributed by atoms with Crippen LogP contribution in [0.15, 0.2) is 12.3 Å². The van der Waals surface area contributed by atoms with E-state index in [0.717, 1.165) is 0 Å². The van der Waals surface area contributed by atoms with Crippen LogP contribution in [0.2, 0.25) is 0 Å². The maximum atomic E-state index is 4.33. The molecule has 184 valence electrons. The lowest BCUT2D eigenvalue weighted by Gasteiger charge is -2.34. The van der Waals surface area contributed by atoms with Crippen LogP contribution in [-0.4, -0.2) is 29.7 Å². The highest BCUT2D eigenvalue weighted by Crippen LogP contribution is 2.23. The van der Waals surface area contributed by atoms with Gasteiger partial charge in [0.15, 0.2) is 0 Å². The van der Waals surface area contributed by atoms with Gasteiger partial charge in [0.05, 0.1) is 0 Å². The first kappa shape index (κ1) is 28.5. The van der Waals surface area contributed by atoms with Gasteiger partial charge in [0, 0.05) is 25.3 Å². The lowest BCUT2D eigenvalue weighted by atomic mass is 10.0. The fraction of sp³-hybridized carbons (Fsp3) is 0.931. The molecule has 2 heteroatoms. The Balaban J connectivity index is 2.00. The molecule has 1 aliphatic rings. The van der Waals surface area contributed by atoms with E-state index in [0.29, 0.717) is 0 Å². The van der Waals surface area contributed by atoms with Crippen molar-refractivity contribution in [2.24, 2.45) is 0 Å². The van der Waals surface area contributed by atoms with E-state index in [9.17, 15) is 0 Å². The maximum absolute atomic E-state index is 4.33. The quantitative estimate of drug-likeness (QED) is 0.148. The molecule has 0 N–H and O–H groups in total. The van der Waals surface area contributed by atoms with E-state index >= 15 is 0 Å². The van der Waals surface area contributed by atoms with E-state index in [4.69, 9.17) is 0 Å². The van der Waals surface area contributed by atoms with Gasteiger partial charge in [-0.3, -0.25) is 0 Å². The molecule has 0 aromatic heterocycles. The fourth-order valence-electron chi connectivity index (χ4n) is 4.98. The van der Waals surface area contributed by atoms with Gasteiger partial charge in [0.1, 0.15) is 0 Å². The summed E-state index contributed by atoms with van der Waals surface area (Å²) in [5.74, 6) is 0. The molecule has 0 radical (unpaired) electrons. The minimum absolute atomic E-state index is 1.20. The average molecular weight is 435 g/mol. The minimum Gasteiger partial charge on any atom is -0.311 e. The maximum Gasteiger partial charge on any atom is 0.0346 e. The Morgan fingerprint density at radius 1 is 0.581 bits per heavy atom. The van der Waals surface area contributed by atoms with Crippen LogP contribution in [0.4, 0.5) is 0 Å². The highest BCUT2D eigenvalue weighted by atomic mass is 15.6. The Morgan fingerprint density at radius 3 is 1.26 bits per heavy atom. The van der Waals surface area contributed by atoms with Crippen molar-refractivity contribution in [3.63, 3.8) is 0 Å². The summed E-state index contributed by atoms with van der Waals surface area (Å²) in [5.41, 5.74) is 1.36. The van der Waals surface area contributed by atoms with Gasteiger partial charge >= 0.3 is 0 Å². The molecule has 2 nitrogen and oxygen atoms in total. The molecule has 1 rings (SSSR count). The standard InChI is InChI=1S/C29H58N2/c1-4-6-8-10-12-13-14-15-16-17-18-19-21-23-27-30(31-28-24-25-29(31)3)26-22-20-11-9-7-5-2/h3-28H2,1-2H3. The molecule has 0 saturated carbocycles. The van der Waals surface area contributed by atoms with Crippen LogP contribution in [0.1, 0.15) is 155 Å². The highest BCUT2D eigenvalue weighted by Gasteiger charge is 2.21. The van der Waals surface area contributed by atoms with Gasteiger partial charge in [0.25, 0.3) is 0 Å². The Bertz CT molecular complexity index is 392. The predicted octanol–water partition coefficient (Wildman–Crippen LogP) is 9.65. The molecular weight excluding hydrogens is 376 g/mol. The topological polar surface area (TPSA) is 6.48 Å². The molecule has 0 aliphatic carbocycles. The Morgan fingerprint density at radius 2 is 0.935 bits per heavy atom. The summed E-state index contributed by atoms with van der Waals surface area (Å²) in [6.07, 6.45) is 31.0. The zero-order valence-electron chi connectivity index (χ0n) is 21.8. The second kappa shape index (κ2) is 21.4. The van der Waals surface area contributed by atoms with Crippen molar-refractivity contribution in [1.82, 2.24) is 10.0 Å². The average Bonchev–Trinajstić information content (AvgIpc) is 3.20. The number of allylic oxidation sites excluding steroid dienone is 1. The number of nitrogens with zero attached hydrogens (tertiary/aromatic N) is 2. The summed E-state index contributed by atoms with van der Waals surface area (Å²) in [6, 6.07) is 0. The summed E-state index contributed by atoms with van der Waals surface area (Å²) in [6.45, 7) is 12.6. The minimum atomic E-state index is 1.20. The van der Waals surface area contributed by atoms with E-state index in [-0.39, 0.29) is 0 Å². The van der Waals surface area contributed by atoms with Crippen LogP contribution in [0.3, 0.4) is 0 Å². The van der Waals surface area contributed by atoms with Crippen LogP contribution >= 0.6 is 0 Å². The van der Waals surface area contributed by atoms with Gasteiger partial charge in [-0.15, -0.1) is 0 Å². The van der Waals surface area contributed by atoms with Gasteiger partial charge in [-0.25, -0.2) is 5.01 Å². The predicted molar refractivity (Wildman–Crippen MR) is 140 cm³/mol. The number of hydrazine groups is 1. The molecule has 1 fully saturated rings. The molecule has 0 bridgehead atoms. The number of hydrogen-bond acceptors (Lipinski definition) is 2. The molecule has 1 saturated heterocycles. The Hall–Kier alpha value is -0.500. The van der Waals surface area contributed by atoms with Gasteiger partial charge < -0.3 is 5.01 Å². The molecular formula is C29H58N2. The summed E-state index contributed by atoms with van der Waals surface area (Å²) in [4.78, 5) is 0. The number of unbranched alkanes of at least 4 members (excludes halogenated alkanes) is 18. The van der Waals surface area contributed by atoms with Gasteiger partial charge in [-0.1, -0.05) is 136 Å². The Kier molecular flexibility index (Phi) is 19.7. The van der Waals surface area contributed by atoms with Gasteiger partial charge in [0.2, 0.25) is 0 Å².